The van der Waals surface area contributed by atoms with Gasteiger partial charge in [0.2, 0.25) is 5.91 Å². The van der Waals surface area contributed by atoms with Crippen LogP contribution in [0.3, 0.4) is 0 Å². The lowest BCUT2D eigenvalue weighted by atomic mass is 9.96. The number of ether oxygens (including phenoxy) is 1. The molecule has 0 aliphatic heterocycles. The van der Waals surface area contributed by atoms with E-state index in [2.05, 4.69) is 5.32 Å². The Hall–Kier alpha value is -1.10. The molecule has 0 aromatic rings. The summed E-state index contributed by atoms with van der Waals surface area (Å²) in [5.41, 5.74) is -1.16. The quantitative estimate of drug-likeness (QED) is 0.680. The van der Waals surface area contributed by atoms with Crippen LogP contribution in [0.5, 0.6) is 0 Å². The summed E-state index contributed by atoms with van der Waals surface area (Å²) in [5.74, 6) is -1.24. The van der Waals surface area contributed by atoms with Gasteiger partial charge in [-0.05, 0) is 26.7 Å². The minimum atomic E-state index is -1.16. The van der Waals surface area contributed by atoms with E-state index in [1.807, 2.05) is 13.8 Å². The molecule has 100 valence electrons. The van der Waals surface area contributed by atoms with Crippen LogP contribution in [-0.2, 0) is 14.3 Å². The number of rotatable bonds is 8. The molecule has 0 fully saturated rings. The molecule has 0 heterocycles. The van der Waals surface area contributed by atoms with E-state index < -0.39 is 11.5 Å². The van der Waals surface area contributed by atoms with Crippen molar-refractivity contribution < 1.29 is 19.4 Å². The van der Waals surface area contributed by atoms with Gasteiger partial charge in [-0.3, -0.25) is 4.79 Å². The fourth-order valence-corrected chi connectivity index (χ4v) is 1.55. The lowest BCUT2D eigenvalue weighted by Gasteiger charge is -2.26. The summed E-state index contributed by atoms with van der Waals surface area (Å²) in [6.45, 7) is 5.30. The zero-order valence-electron chi connectivity index (χ0n) is 11.1. The van der Waals surface area contributed by atoms with Crippen LogP contribution in [0.4, 0.5) is 0 Å². The Morgan fingerprint density at radius 2 is 2.06 bits per heavy atom. The van der Waals surface area contributed by atoms with E-state index in [1.165, 1.54) is 6.92 Å². The van der Waals surface area contributed by atoms with Crippen LogP contribution in [0.2, 0.25) is 0 Å². The van der Waals surface area contributed by atoms with Gasteiger partial charge in [-0.2, -0.15) is 0 Å². The number of nitrogens with one attached hydrogen (secondary N) is 1. The van der Waals surface area contributed by atoms with Crippen LogP contribution < -0.4 is 5.32 Å². The molecule has 0 aliphatic carbocycles. The van der Waals surface area contributed by atoms with Gasteiger partial charge in [-0.15, -0.1) is 0 Å². The van der Waals surface area contributed by atoms with Crippen LogP contribution in [-0.4, -0.2) is 35.7 Å². The molecule has 2 unspecified atom stereocenters. The molecule has 0 saturated heterocycles. The highest BCUT2D eigenvalue weighted by atomic mass is 16.5. The van der Waals surface area contributed by atoms with Gasteiger partial charge in [-0.25, -0.2) is 4.79 Å². The molecule has 17 heavy (non-hydrogen) atoms. The van der Waals surface area contributed by atoms with Gasteiger partial charge in [0.25, 0.3) is 0 Å². The van der Waals surface area contributed by atoms with E-state index in [0.717, 1.165) is 0 Å². The Balaban J connectivity index is 4.27. The van der Waals surface area contributed by atoms with Gasteiger partial charge in [0.1, 0.15) is 5.54 Å². The zero-order chi connectivity index (χ0) is 13.5. The number of carbonyl (C=O) groups is 2. The maximum atomic E-state index is 11.6. The van der Waals surface area contributed by atoms with Crippen molar-refractivity contribution in [3.05, 3.63) is 0 Å². The van der Waals surface area contributed by atoms with E-state index in [9.17, 15) is 9.59 Å². The summed E-state index contributed by atoms with van der Waals surface area (Å²) >= 11 is 0. The number of carboxylic acids is 1. The number of hydrogen-bond acceptors (Lipinski definition) is 3. The number of hydrogen-bond donors (Lipinski definition) is 2. The molecule has 0 aromatic carbocycles. The number of methoxy groups -OCH3 is 1. The van der Waals surface area contributed by atoms with E-state index in [1.54, 1.807) is 7.11 Å². The standard InChI is InChI=1S/C12H23NO4/c1-5-8-12(3,11(15)16)13-10(14)7-6-9(2)17-4/h9H,5-8H2,1-4H3,(H,13,14)(H,15,16). The molecule has 0 radical (unpaired) electrons. The Kier molecular flexibility index (Phi) is 6.80. The first-order valence-corrected chi connectivity index (χ1v) is 5.93. The van der Waals surface area contributed by atoms with Crippen LogP contribution in [0, 0.1) is 0 Å². The fourth-order valence-electron chi connectivity index (χ4n) is 1.55. The van der Waals surface area contributed by atoms with E-state index >= 15 is 0 Å². The van der Waals surface area contributed by atoms with Crippen LogP contribution in [0.1, 0.15) is 46.5 Å². The Labute approximate surface area is 103 Å². The Bertz CT molecular complexity index is 267. The lowest BCUT2D eigenvalue weighted by Crippen LogP contribution is -2.52. The highest BCUT2D eigenvalue weighted by Crippen LogP contribution is 2.13. The van der Waals surface area contributed by atoms with E-state index in [0.29, 0.717) is 19.3 Å². The summed E-state index contributed by atoms with van der Waals surface area (Å²) in [6, 6.07) is 0. The molecule has 2 N–H and O–H groups in total. The Morgan fingerprint density at radius 3 is 2.47 bits per heavy atom. The second-order valence-corrected chi connectivity index (χ2v) is 4.52. The number of amides is 1. The monoisotopic (exact) mass is 245 g/mol. The van der Waals surface area contributed by atoms with Crippen molar-refractivity contribution in [1.29, 1.82) is 0 Å². The fraction of sp³-hybridized carbons (Fsp3) is 0.833. The van der Waals surface area contributed by atoms with Gasteiger partial charge in [0.15, 0.2) is 0 Å². The first-order chi connectivity index (χ1) is 7.85. The molecular formula is C12H23NO4. The van der Waals surface area contributed by atoms with Crippen LogP contribution in [0.25, 0.3) is 0 Å². The molecule has 5 heteroatoms. The second kappa shape index (κ2) is 7.27. The molecule has 1 amide bonds. The highest BCUT2D eigenvalue weighted by Gasteiger charge is 2.33. The van der Waals surface area contributed by atoms with Gasteiger partial charge >= 0.3 is 5.97 Å². The van der Waals surface area contributed by atoms with Gasteiger partial charge < -0.3 is 15.2 Å². The maximum absolute atomic E-state index is 11.6. The van der Waals surface area contributed by atoms with Gasteiger partial charge in [0.05, 0.1) is 6.10 Å². The molecule has 2 atom stereocenters. The third kappa shape index (κ3) is 5.68. The summed E-state index contributed by atoms with van der Waals surface area (Å²) in [7, 11) is 1.58. The number of carbonyl (C=O) groups excluding carboxylic acids is 1. The van der Waals surface area contributed by atoms with Crippen molar-refractivity contribution in [3.63, 3.8) is 0 Å². The van der Waals surface area contributed by atoms with Gasteiger partial charge in [0, 0.05) is 13.5 Å². The molecule has 0 spiro atoms. The summed E-state index contributed by atoms with van der Waals surface area (Å²) in [6.07, 6.45) is 2.00. The number of carboxylic acid groups (broad SMARTS) is 1. The molecular weight excluding hydrogens is 222 g/mol. The molecule has 0 aromatic heterocycles. The van der Waals surface area contributed by atoms with Crippen molar-refractivity contribution in [3.8, 4) is 0 Å². The average Bonchev–Trinajstić information content (AvgIpc) is 2.25. The number of aliphatic carboxylic acids is 1. The normalized spacial score (nSPS) is 16.0. The minimum absolute atomic E-state index is 0.00279. The van der Waals surface area contributed by atoms with E-state index in [4.69, 9.17) is 9.84 Å². The van der Waals surface area contributed by atoms with Crippen molar-refractivity contribution >= 4 is 11.9 Å². The topological polar surface area (TPSA) is 75.6 Å². The van der Waals surface area contributed by atoms with Crippen molar-refractivity contribution in [2.75, 3.05) is 7.11 Å². The largest absolute Gasteiger partial charge is 0.480 e. The lowest BCUT2D eigenvalue weighted by molar-refractivity contribution is -0.147. The second-order valence-electron chi connectivity index (χ2n) is 4.52. The first kappa shape index (κ1) is 15.9. The average molecular weight is 245 g/mol. The third-order valence-corrected chi connectivity index (χ3v) is 2.82. The van der Waals surface area contributed by atoms with Crippen molar-refractivity contribution in [2.45, 2.75) is 58.1 Å². The van der Waals surface area contributed by atoms with E-state index in [-0.39, 0.29) is 18.4 Å². The van der Waals surface area contributed by atoms with Crippen molar-refractivity contribution in [2.24, 2.45) is 0 Å². The zero-order valence-corrected chi connectivity index (χ0v) is 11.1. The van der Waals surface area contributed by atoms with Crippen molar-refractivity contribution in [1.82, 2.24) is 5.32 Å². The summed E-state index contributed by atoms with van der Waals surface area (Å²) < 4.78 is 5.03. The predicted molar refractivity (Wildman–Crippen MR) is 64.8 cm³/mol. The highest BCUT2D eigenvalue weighted by molar-refractivity contribution is 5.86. The summed E-state index contributed by atoms with van der Waals surface area (Å²) in [5, 5.41) is 11.7. The SMILES string of the molecule is CCCC(C)(NC(=O)CCC(C)OC)C(=O)O. The molecule has 0 rings (SSSR count). The summed E-state index contributed by atoms with van der Waals surface area (Å²) in [4.78, 5) is 22.7. The Morgan fingerprint density at radius 1 is 1.47 bits per heavy atom. The maximum Gasteiger partial charge on any atom is 0.329 e. The smallest absolute Gasteiger partial charge is 0.329 e. The molecule has 5 nitrogen and oxygen atoms in total. The van der Waals surface area contributed by atoms with Crippen LogP contribution >= 0.6 is 0 Å². The minimum Gasteiger partial charge on any atom is -0.480 e. The molecule has 0 aliphatic rings. The molecule has 0 saturated carbocycles. The first-order valence-electron chi connectivity index (χ1n) is 5.93. The molecule has 0 bridgehead atoms. The predicted octanol–water partition coefficient (Wildman–Crippen LogP) is 1.56. The van der Waals surface area contributed by atoms with Crippen LogP contribution in [0.15, 0.2) is 0 Å². The third-order valence-electron chi connectivity index (χ3n) is 2.82. The van der Waals surface area contributed by atoms with Gasteiger partial charge in [-0.1, -0.05) is 13.3 Å².